The third-order valence-electron chi connectivity index (χ3n) is 4.88. The molecule has 2 rings (SSSR count). The molecule has 1 aromatic rings. The molecule has 0 bridgehead atoms. The van der Waals surface area contributed by atoms with Gasteiger partial charge in [0.05, 0.1) is 11.9 Å². The molecule has 3 nitrogen and oxygen atoms in total. The van der Waals surface area contributed by atoms with Crippen LogP contribution in [0.2, 0.25) is 0 Å². The quantitative estimate of drug-likeness (QED) is 0.882. The third kappa shape index (κ3) is 4.19. The van der Waals surface area contributed by atoms with Gasteiger partial charge in [0.25, 0.3) is 0 Å². The lowest BCUT2D eigenvalue weighted by Crippen LogP contribution is -2.36. The Morgan fingerprint density at radius 3 is 2.57 bits per heavy atom. The maximum Gasteiger partial charge on any atom is 0.138 e. The molecule has 1 fully saturated rings. The van der Waals surface area contributed by atoms with E-state index in [4.69, 9.17) is 4.74 Å². The molecule has 1 aromatic heterocycles. The van der Waals surface area contributed by atoms with Gasteiger partial charge in [-0.25, -0.2) is 0 Å². The van der Waals surface area contributed by atoms with Gasteiger partial charge in [-0.05, 0) is 56.7 Å². The highest BCUT2D eigenvalue weighted by Gasteiger charge is 2.32. The second-order valence-electron chi connectivity index (χ2n) is 6.91. The van der Waals surface area contributed by atoms with Crippen molar-refractivity contribution in [3.05, 3.63) is 24.0 Å². The van der Waals surface area contributed by atoms with Crippen LogP contribution < -0.4 is 10.1 Å². The molecule has 1 N–H and O–H groups in total. The fourth-order valence-electron chi connectivity index (χ4n) is 3.29. The summed E-state index contributed by atoms with van der Waals surface area (Å²) in [5.74, 6) is 3.02. The van der Waals surface area contributed by atoms with E-state index in [2.05, 4.69) is 50.1 Å². The SMILES string of the molecule is CNC(C)c1ccc(OC2CC(C)CCC2C(C)C)cn1. The van der Waals surface area contributed by atoms with Gasteiger partial charge in [-0.2, -0.15) is 0 Å². The van der Waals surface area contributed by atoms with E-state index < -0.39 is 0 Å². The summed E-state index contributed by atoms with van der Waals surface area (Å²) in [6.07, 6.45) is 5.99. The second kappa shape index (κ2) is 7.26. The van der Waals surface area contributed by atoms with Crippen molar-refractivity contribution in [2.24, 2.45) is 17.8 Å². The molecule has 0 aromatic carbocycles. The highest BCUT2D eigenvalue weighted by Crippen LogP contribution is 2.35. The Labute approximate surface area is 129 Å². The third-order valence-corrected chi connectivity index (χ3v) is 4.88. The molecule has 0 saturated heterocycles. The first-order valence-corrected chi connectivity index (χ1v) is 8.31. The predicted molar refractivity (Wildman–Crippen MR) is 87.5 cm³/mol. The van der Waals surface area contributed by atoms with Gasteiger partial charge in [-0.3, -0.25) is 4.98 Å². The lowest BCUT2D eigenvalue weighted by atomic mass is 9.75. The Morgan fingerprint density at radius 1 is 1.24 bits per heavy atom. The zero-order valence-corrected chi connectivity index (χ0v) is 14.1. The van der Waals surface area contributed by atoms with E-state index in [1.807, 2.05) is 13.2 Å². The summed E-state index contributed by atoms with van der Waals surface area (Å²) in [6, 6.07) is 4.40. The van der Waals surface area contributed by atoms with Crippen molar-refractivity contribution >= 4 is 0 Å². The van der Waals surface area contributed by atoms with Crippen LogP contribution in [0.5, 0.6) is 5.75 Å². The van der Waals surface area contributed by atoms with Crippen LogP contribution in [0.25, 0.3) is 0 Å². The summed E-state index contributed by atoms with van der Waals surface area (Å²) < 4.78 is 6.29. The number of ether oxygens (including phenoxy) is 1. The number of pyridine rings is 1. The molecule has 118 valence electrons. The molecular weight excluding hydrogens is 260 g/mol. The Bertz CT molecular complexity index is 429. The summed E-state index contributed by atoms with van der Waals surface area (Å²) in [6.45, 7) is 9.07. The molecule has 3 heteroatoms. The monoisotopic (exact) mass is 290 g/mol. The molecule has 4 atom stereocenters. The topological polar surface area (TPSA) is 34.1 Å². The van der Waals surface area contributed by atoms with Gasteiger partial charge in [-0.15, -0.1) is 0 Å². The normalized spacial score (nSPS) is 27.6. The number of hydrogen-bond donors (Lipinski definition) is 1. The molecule has 4 unspecified atom stereocenters. The number of aromatic nitrogens is 1. The zero-order valence-electron chi connectivity index (χ0n) is 14.1. The molecule has 0 radical (unpaired) electrons. The van der Waals surface area contributed by atoms with Crippen molar-refractivity contribution < 1.29 is 4.74 Å². The summed E-state index contributed by atoms with van der Waals surface area (Å²) in [7, 11) is 1.95. The van der Waals surface area contributed by atoms with Gasteiger partial charge in [0.15, 0.2) is 0 Å². The van der Waals surface area contributed by atoms with Gasteiger partial charge < -0.3 is 10.1 Å². The average Bonchev–Trinajstić information content (AvgIpc) is 2.47. The molecular formula is C18H30N2O. The smallest absolute Gasteiger partial charge is 0.138 e. The first-order valence-electron chi connectivity index (χ1n) is 8.31. The Kier molecular flexibility index (Phi) is 5.63. The molecule has 0 spiro atoms. The molecule has 1 aliphatic carbocycles. The lowest BCUT2D eigenvalue weighted by Gasteiger charge is -2.37. The van der Waals surface area contributed by atoms with Crippen LogP contribution in [0, 0.1) is 17.8 Å². The van der Waals surface area contributed by atoms with Gasteiger partial charge >= 0.3 is 0 Å². The fraction of sp³-hybridized carbons (Fsp3) is 0.722. The summed E-state index contributed by atoms with van der Waals surface area (Å²) >= 11 is 0. The van der Waals surface area contributed by atoms with E-state index in [0.717, 1.165) is 23.8 Å². The Hall–Kier alpha value is -1.09. The molecule has 0 aliphatic heterocycles. The van der Waals surface area contributed by atoms with Gasteiger partial charge in [0.2, 0.25) is 0 Å². The minimum atomic E-state index is 0.275. The highest BCUT2D eigenvalue weighted by molar-refractivity contribution is 5.21. The first-order chi connectivity index (χ1) is 10.0. The molecule has 1 saturated carbocycles. The molecule has 1 aliphatic rings. The van der Waals surface area contributed by atoms with E-state index in [9.17, 15) is 0 Å². The van der Waals surface area contributed by atoms with Crippen LogP contribution >= 0.6 is 0 Å². The highest BCUT2D eigenvalue weighted by atomic mass is 16.5. The van der Waals surface area contributed by atoms with E-state index in [1.54, 1.807) is 0 Å². The van der Waals surface area contributed by atoms with Crippen LogP contribution in [-0.4, -0.2) is 18.1 Å². The maximum atomic E-state index is 6.29. The van der Waals surface area contributed by atoms with Crippen molar-refractivity contribution in [3.8, 4) is 5.75 Å². The number of rotatable bonds is 5. The van der Waals surface area contributed by atoms with Crippen LogP contribution in [0.1, 0.15) is 58.7 Å². The predicted octanol–water partition coefficient (Wildman–Crippen LogP) is 4.20. The minimum Gasteiger partial charge on any atom is -0.489 e. The standard InChI is InChI=1S/C18H30N2O/c1-12(2)16-8-6-13(3)10-18(16)21-15-7-9-17(20-11-15)14(4)19-5/h7,9,11-14,16,18-19H,6,8,10H2,1-5H3. The Morgan fingerprint density at radius 2 is 2.00 bits per heavy atom. The lowest BCUT2D eigenvalue weighted by molar-refractivity contribution is 0.0457. The zero-order chi connectivity index (χ0) is 15.4. The largest absolute Gasteiger partial charge is 0.489 e. The number of nitrogens with one attached hydrogen (secondary N) is 1. The number of hydrogen-bond acceptors (Lipinski definition) is 3. The van der Waals surface area contributed by atoms with E-state index in [1.165, 1.54) is 12.8 Å². The van der Waals surface area contributed by atoms with Crippen LogP contribution in [-0.2, 0) is 0 Å². The van der Waals surface area contributed by atoms with E-state index >= 15 is 0 Å². The van der Waals surface area contributed by atoms with Crippen molar-refractivity contribution in [2.45, 2.75) is 59.1 Å². The molecule has 21 heavy (non-hydrogen) atoms. The van der Waals surface area contributed by atoms with E-state index in [-0.39, 0.29) is 6.04 Å². The summed E-state index contributed by atoms with van der Waals surface area (Å²) in [4.78, 5) is 4.52. The van der Waals surface area contributed by atoms with Crippen molar-refractivity contribution in [2.75, 3.05) is 7.05 Å². The Balaban J connectivity index is 2.04. The van der Waals surface area contributed by atoms with Crippen LogP contribution in [0.15, 0.2) is 18.3 Å². The first kappa shape index (κ1) is 16.3. The van der Waals surface area contributed by atoms with Gasteiger partial charge in [-0.1, -0.05) is 27.2 Å². The van der Waals surface area contributed by atoms with Crippen molar-refractivity contribution in [3.63, 3.8) is 0 Å². The van der Waals surface area contributed by atoms with E-state index in [0.29, 0.717) is 17.9 Å². The summed E-state index contributed by atoms with van der Waals surface area (Å²) in [5, 5.41) is 3.21. The average molecular weight is 290 g/mol. The second-order valence-corrected chi connectivity index (χ2v) is 6.91. The molecule has 1 heterocycles. The van der Waals surface area contributed by atoms with Gasteiger partial charge in [0.1, 0.15) is 11.9 Å². The number of nitrogens with zero attached hydrogens (tertiary/aromatic N) is 1. The van der Waals surface area contributed by atoms with Crippen LogP contribution in [0.4, 0.5) is 0 Å². The van der Waals surface area contributed by atoms with Gasteiger partial charge in [0, 0.05) is 6.04 Å². The van der Waals surface area contributed by atoms with Crippen molar-refractivity contribution in [1.82, 2.24) is 10.3 Å². The van der Waals surface area contributed by atoms with Crippen molar-refractivity contribution in [1.29, 1.82) is 0 Å². The summed E-state index contributed by atoms with van der Waals surface area (Å²) in [5.41, 5.74) is 1.06. The van der Waals surface area contributed by atoms with Crippen LogP contribution in [0.3, 0.4) is 0 Å². The minimum absolute atomic E-state index is 0.275. The fourth-order valence-corrected chi connectivity index (χ4v) is 3.29. The maximum absolute atomic E-state index is 6.29. The molecule has 0 amide bonds.